The van der Waals surface area contributed by atoms with Crippen LogP contribution in [-0.2, 0) is 0 Å². The lowest BCUT2D eigenvalue weighted by Crippen LogP contribution is -1.74. The zero-order valence-electron chi connectivity index (χ0n) is 6.10. The number of rotatable bonds is 1. The van der Waals surface area contributed by atoms with Crippen LogP contribution in [0.4, 0.5) is 0 Å². The van der Waals surface area contributed by atoms with E-state index in [1.165, 1.54) is 11.3 Å². The smallest absolute Gasteiger partial charge is 0.137 e. The van der Waals surface area contributed by atoms with Crippen molar-refractivity contribution >= 4 is 24.0 Å². The van der Waals surface area contributed by atoms with Gasteiger partial charge >= 0.3 is 0 Å². The molecule has 4 heteroatoms. The van der Waals surface area contributed by atoms with Gasteiger partial charge in [0.25, 0.3) is 0 Å². The quantitative estimate of drug-likeness (QED) is 0.696. The summed E-state index contributed by atoms with van der Waals surface area (Å²) in [5.41, 5.74) is 1.08. The average molecular weight is 193 g/mol. The standard InChI is InChI=1S/C8H5N2S2/c11-8-10-9-7(12-8)6-4-2-1-3-5-6/h1-5H. The fourth-order valence-electron chi connectivity index (χ4n) is 0.907. The van der Waals surface area contributed by atoms with Gasteiger partial charge in [-0.25, -0.2) is 0 Å². The third kappa shape index (κ3) is 1.44. The number of nitrogens with zero attached hydrogens (tertiary/aromatic N) is 2. The molecule has 1 radical (unpaired) electrons. The average Bonchev–Trinajstić information content (AvgIpc) is 2.54. The lowest BCUT2D eigenvalue weighted by Gasteiger charge is -1.90. The minimum Gasteiger partial charge on any atom is -0.137 e. The van der Waals surface area contributed by atoms with E-state index in [0.717, 1.165) is 10.6 Å². The van der Waals surface area contributed by atoms with Crippen molar-refractivity contribution < 1.29 is 0 Å². The minimum absolute atomic E-state index is 0.592. The molecule has 0 bridgehead atoms. The van der Waals surface area contributed by atoms with Gasteiger partial charge in [-0.15, -0.1) is 10.2 Å². The molecule has 0 unspecified atom stereocenters. The predicted molar refractivity (Wildman–Crippen MR) is 51.2 cm³/mol. The summed E-state index contributed by atoms with van der Waals surface area (Å²) in [6.07, 6.45) is 0. The van der Waals surface area contributed by atoms with Crippen LogP contribution in [0.2, 0.25) is 0 Å². The van der Waals surface area contributed by atoms with Crippen LogP contribution in [0.25, 0.3) is 10.6 Å². The van der Waals surface area contributed by atoms with Crippen LogP contribution in [0.1, 0.15) is 0 Å². The molecule has 12 heavy (non-hydrogen) atoms. The summed E-state index contributed by atoms with van der Waals surface area (Å²) in [5, 5.41) is 8.62. The maximum absolute atomic E-state index is 4.88. The lowest BCUT2D eigenvalue weighted by atomic mass is 10.2. The highest BCUT2D eigenvalue weighted by atomic mass is 32.2. The molecule has 2 aromatic rings. The monoisotopic (exact) mass is 193 g/mol. The largest absolute Gasteiger partial charge is 0.204 e. The topological polar surface area (TPSA) is 25.8 Å². The van der Waals surface area contributed by atoms with Crippen LogP contribution in [0, 0.1) is 0 Å². The Morgan fingerprint density at radius 3 is 2.42 bits per heavy atom. The summed E-state index contributed by atoms with van der Waals surface area (Å²) >= 11 is 6.31. The molecule has 0 aliphatic rings. The molecule has 0 saturated carbocycles. The molecule has 0 amide bonds. The van der Waals surface area contributed by atoms with E-state index in [-0.39, 0.29) is 0 Å². The zero-order chi connectivity index (χ0) is 8.39. The summed E-state index contributed by atoms with van der Waals surface area (Å²) in [6.45, 7) is 0. The van der Waals surface area contributed by atoms with Gasteiger partial charge in [-0.05, 0) is 12.6 Å². The van der Waals surface area contributed by atoms with Crippen molar-refractivity contribution in [3.8, 4) is 10.6 Å². The summed E-state index contributed by atoms with van der Waals surface area (Å²) in [7, 11) is 0. The van der Waals surface area contributed by atoms with Crippen LogP contribution >= 0.6 is 24.0 Å². The van der Waals surface area contributed by atoms with Crippen LogP contribution in [0.15, 0.2) is 34.7 Å². The normalized spacial score (nSPS) is 10.0. The van der Waals surface area contributed by atoms with Crippen LogP contribution < -0.4 is 0 Å². The van der Waals surface area contributed by atoms with Crippen molar-refractivity contribution in [2.45, 2.75) is 4.34 Å². The number of hydrogen-bond acceptors (Lipinski definition) is 3. The van der Waals surface area contributed by atoms with Gasteiger partial charge in [-0.3, -0.25) is 0 Å². The van der Waals surface area contributed by atoms with E-state index in [9.17, 15) is 0 Å². The van der Waals surface area contributed by atoms with Crippen molar-refractivity contribution in [3.63, 3.8) is 0 Å². The SMILES string of the molecule is [S]c1nnc(-c2ccccc2)s1. The number of hydrogen-bond donors (Lipinski definition) is 0. The highest BCUT2D eigenvalue weighted by molar-refractivity contribution is 7.82. The van der Waals surface area contributed by atoms with E-state index in [0.29, 0.717) is 4.34 Å². The van der Waals surface area contributed by atoms with Crippen molar-refractivity contribution in [2.24, 2.45) is 0 Å². The van der Waals surface area contributed by atoms with Crippen molar-refractivity contribution in [1.29, 1.82) is 0 Å². The fourth-order valence-corrected chi connectivity index (χ4v) is 1.77. The Morgan fingerprint density at radius 2 is 1.83 bits per heavy atom. The van der Waals surface area contributed by atoms with Crippen molar-refractivity contribution in [1.82, 2.24) is 10.2 Å². The third-order valence-corrected chi connectivity index (χ3v) is 2.53. The van der Waals surface area contributed by atoms with Gasteiger partial charge in [0.15, 0.2) is 0 Å². The first kappa shape index (κ1) is 7.64. The molecule has 2 nitrogen and oxygen atoms in total. The first-order valence-corrected chi connectivity index (χ1v) is 4.65. The van der Waals surface area contributed by atoms with Crippen LogP contribution in [0.3, 0.4) is 0 Å². The zero-order valence-corrected chi connectivity index (χ0v) is 7.73. The molecule has 0 fully saturated rings. The van der Waals surface area contributed by atoms with E-state index in [1.807, 2.05) is 30.3 Å². The molecule has 0 N–H and O–H groups in total. The molecule has 2 rings (SSSR count). The van der Waals surface area contributed by atoms with E-state index in [1.54, 1.807) is 0 Å². The van der Waals surface area contributed by atoms with Gasteiger partial charge in [0.05, 0.1) is 0 Å². The molecule has 1 heterocycles. The van der Waals surface area contributed by atoms with Gasteiger partial charge in [-0.1, -0.05) is 41.7 Å². The fraction of sp³-hybridized carbons (Fsp3) is 0. The van der Waals surface area contributed by atoms with E-state index >= 15 is 0 Å². The molecule has 0 aliphatic carbocycles. The van der Waals surface area contributed by atoms with Crippen molar-refractivity contribution in [2.75, 3.05) is 0 Å². The second-order valence-electron chi connectivity index (χ2n) is 2.24. The molecule has 1 aromatic carbocycles. The lowest BCUT2D eigenvalue weighted by molar-refractivity contribution is 1.02. The first-order valence-electron chi connectivity index (χ1n) is 3.42. The second kappa shape index (κ2) is 3.16. The van der Waals surface area contributed by atoms with E-state index in [2.05, 4.69) is 10.2 Å². The third-order valence-electron chi connectivity index (χ3n) is 1.43. The Bertz CT molecular complexity index is 370. The van der Waals surface area contributed by atoms with E-state index < -0.39 is 0 Å². The van der Waals surface area contributed by atoms with Crippen molar-refractivity contribution in [3.05, 3.63) is 30.3 Å². The molecule has 0 atom stereocenters. The number of aromatic nitrogens is 2. The predicted octanol–water partition coefficient (Wildman–Crippen LogP) is 2.76. The Hall–Kier alpha value is -1.00. The Balaban J connectivity index is 2.45. The van der Waals surface area contributed by atoms with Gasteiger partial charge in [-0.2, -0.15) is 0 Å². The van der Waals surface area contributed by atoms with Crippen LogP contribution in [-0.4, -0.2) is 10.2 Å². The summed E-state index contributed by atoms with van der Waals surface area (Å²) < 4.78 is 0.592. The summed E-state index contributed by atoms with van der Waals surface area (Å²) in [4.78, 5) is 0. The molecule has 0 saturated heterocycles. The van der Waals surface area contributed by atoms with Crippen LogP contribution in [0.5, 0.6) is 0 Å². The summed E-state index contributed by atoms with van der Waals surface area (Å²) in [5.74, 6) is 0. The van der Waals surface area contributed by atoms with E-state index in [4.69, 9.17) is 12.6 Å². The Labute approximate surface area is 79.7 Å². The molecular weight excluding hydrogens is 188 g/mol. The molecule has 0 spiro atoms. The Morgan fingerprint density at radius 1 is 1.08 bits per heavy atom. The van der Waals surface area contributed by atoms with Gasteiger partial charge in [0, 0.05) is 5.56 Å². The Kier molecular flexibility index (Phi) is 2.01. The minimum atomic E-state index is 0.592. The molecule has 0 aliphatic heterocycles. The molecular formula is C8H5N2S2. The highest BCUT2D eigenvalue weighted by Crippen LogP contribution is 2.24. The molecule has 59 valence electrons. The highest BCUT2D eigenvalue weighted by Gasteiger charge is 2.02. The second-order valence-corrected chi connectivity index (χ2v) is 3.86. The maximum atomic E-state index is 4.88. The maximum Gasteiger partial charge on any atom is 0.204 e. The van der Waals surface area contributed by atoms with Gasteiger partial charge < -0.3 is 0 Å². The first-order chi connectivity index (χ1) is 5.86. The molecule has 1 aromatic heterocycles. The van der Waals surface area contributed by atoms with Gasteiger partial charge in [0.1, 0.15) is 5.01 Å². The summed E-state index contributed by atoms with van der Waals surface area (Å²) in [6, 6.07) is 9.91. The number of benzene rings is 1. The van der Waals surface area contributed by atoms with Gasteiger partial charge in [0.2, 0.25) is 4.34 Å².